The molecule has 0 aliphatic carbocycles. The first-order chi connectivity index (χ1) is 9.85. The highest BCUT2D eigenvalue weighted by Crippen LogP contribution is 2.22. The smallest absolute Gasteiger partial charge is 0.320 e. The summed E-state index contributed by atoms with van der Waals surface area (Å²) in [6.45, 7) is 6.95. The molecule has 0 spiro atoms. The molecule has 0 fully saturated rings. The Morgan fingerprint density at radius 3 is 2.86 bits per heavy atom. The number of hydrogen-bond acceptors (Lipinski definition) is 4. The van der Waals surface area contributed by atoms with Crippen molar-refractivity contribution in [3.05, 3.63) is 29.3 Å². The number of aromatic nitrogens is 1. The van der Waals surface area contributed by atoms with Crippen molar-refractivity contribution >= 4 is 27.5 Å². The monoisotopic (exact) mass is 306 g/mol. The molecule has 114 valence electrons. The Morgan fingerprint density at radius 2 is 2.19 bits per heavy atom. The normalized spacial score (nSPS) is 13.5. The summed E-state index contributed by atoms with van der Waals surface area (Å²) < 4.78 is 1.14. The number of nitrogens with zero attached hydrogens (tertiary/aromatic N) is 1. The minimum Gasteiger partial charge on any atom is -0.480 e. The predicted octanol–water partition coefficient (Wildman–Crippen LogP) is 3.67. The van der Waals surface area contributed by atoms with E-state index >= 15 is 0 Å². The molecule has 2 N–H and O–H groups in total. The molecule has 0 radical (unpaired) electrons. The van der Waals surface area contributed by atoms with Crippen molar-refractivity contribution in [1.82, 2.24) is 10.3 Å². The van der Waals surface area contributed by atoms with Gasteiger partial charge in [0, 0.05) is 6.54 Å². The van der Waals surface area contributed by atoms with Crippen LogP contribution in [0, 0.1) is 5.41 Å². The first-order valence-electron chi connectivity index (χ1n) is 7.13. The van der Waals surface area contributed by atoms with Gasteiger partial charge in [0.2, 0.25) is 0 Å². The van der Waals surface area contributed by atoms with Crippen molar-refractivity contribution in [3.63, 3.8) is 0 Å². The summed E-state index contributed by atoms with van der Waals surface area (Å²) in [5, 5.41) is 12.5. The lowest BCUT2D eigenvalue weighted by molar-refractivity contribution is -0.139. The summed E-state index contributed by atoms with van der Waals surface area (Å²) in [5.41, 5.74) is 4.06. The van der Waals surface area contributed by atoms with Crippen LogP contribution in [0.3, 0.4) is 0 Å². The van der Waals surface area contributed by atoms with Crippen LogP contribution in [0.4, 0.5) is 0 Å². The molecule has 5 heteroatoms. The molecule has 4 nitrogen and oxygen atoms in total. The van der Waals surface area contributed by atoms with E-state index in [-0.39, 0.29) is 5.41 Å². The van der Waals surface area contributed by atoms with Gasteiger partial charge in [0.15, 0.2) is 0 Å². The van der Waals surface area contributed by atoms with Gasteiger partial charge in [0.1, 0.15) is 6.04 Å². The summed E-state index contributed by atoms with van der Waals surface area (Å²) in [6.07, 6.45) is 1.52. The SMILES string of the molecule is CC(C)(C)CC[C@H](NCc1ccc2ncsc2c1)C(=O)O. The third kappa shape index (κ3) is 4.79. The molecule has 1 heterocycles. The number of benzene rings is 1. The number of rotatable bonds is 6. The van der Waals surface area contributed by atoms with E-state index in [0.29, 0.717) is 13.0 Å². The lowest BCUT2D eigenvalue weighted by atomic mass is 9.88. The van der Waals surface area contributed by atoms with E-state index in [0.717, 1.165) is 22.2 Å². The molecule has 0 saturated heterocycles. The predicted molar refractivity (Wildman–Crippen MR) is 86.6 cm³/mol. The number of fused-ring (bicyclic) bond motifs is 1. The van der Waals surface area contributed by atoms with E-state index in [1.165, 1.54) is 0 Å². The van der Waals surface area contributed by atoms with E-state index in [9.17, 15) is 9.90 Å². The molecular formula is C16H22N2O2S. The van der Waals surface area contributed by atoms with Gasteiger partial charge in [0.25, 0.3) is 0 Å². The molecule has 0 aliphatic rings. The number of aliphatic carboxylic acids is 1. The van der Waals surface area contributed by atoms with Crippen molar-refractivity contribution in [1.29, 1.82) is 0 Å². The van der Waals surface area contributed by atoms with Crippen LogP contribution in [0.1, 0.15) is 39.2 Å². The van der Waals surface area contributed by atoms with Crippen molar-refractivity contribution < 1.29 is 9.90 Å². The zero-order valence-electron chi connectivity index (χ0n) is 12.7. The van der Waals surface area contributed by atoms with Crippen LogP contribution < -0.4 is 5.32 Å². The zero-order chi connectivity index (χ0) is 15.5. The summed E-state index contributed by atoms with van der Waals surface area (Å²) in [6, 6.07) is 5.55. The minimum absolute atomic E-state index is 0.150. The second-order valence-corrected chi connectivity index (χ2v) is 7.41. The molecule has 0 amide bonds. The fourth-order valence-electron chi connectivity index (χ4n) is 2.14. The topological polar surface area (TPSA) is 62.2 Å². The maximum Gasteiger partial charge on any atom is 0.320 e. The van der Waals surface area contributed by atoms with Crippen LogP contribution in [0.15, 0.2) is 23.7 Å². The standard InChI is InChI=1S/C16H22N2O2S/c1-16(2,3)7-6-13(15(19)20)17-9-11-4-5-12-14(8-11)21-10-18-12/h4-5,8,10,13,17H,6-7,9H2,1-3H3,(H,19,20)/t13-/m0/s1. The molecule has 0 unspecified atom stereocenters. The Morgan fingerprint density at radius 1 is 1.43 bits per heavy atom. The highest BCUT2D eigenvalue weighted by atomic mass is 32.1. The average molecular weight is 306 g/mol. The summed E-state index contributed by atoms with van der Waals surface area (Å²) in [4.78, 5) is 15.6. The molecule has 0 saturated carbocycles. The van der Waals surface area contributed by atoms with Crippen LogP contribution in [-0.2, 0) is 11.3 Å². The Hall–Kier alpha value is -1.46. The van der Waals surface area contributed by atoms with Crippen molar-refractivity contribution in [2.75, 3.05) is 0 Å². The minimum atomic E-state index is -0.780. The molecular weight excluding hydrogens is 284 g/mol. The zero-order valence-corrected chi connectivity index (χ0v) is 13.5. The second-order valence-electron chi connectivity index (χ2n) is 6.53. The van der Waals surface area contributed by atoms with E-state index in [1.807, 2.05) is 17.6 Å². The van der Waals surface area contributed by atoms with Gasteiger partial charge in [-0.15, -0.1) is 11.3 Å². The Labute approximate surface area is 129 Å². The molecule has 21 heavy (non-hydrogen) atoms. The van der Waals surface area contributed by atoms with E-state index < -0.39 is 12.0 Å². The van der Waals surface area contributed by atoms with Gasteiger partial charge in [0.05, 0.1) is 15.7 Å². The Balaban J connectivity index is 1.95. The number of carbonyl (C=O) groups is 1. The molecule has 0 bridgehead atoms. The van der Waals surface area contributed by atoms with Crippen molar-refractivity contribution in [3.8, 4) is 0 Å². The highest BCUT2D eigenvalue weighted by molar-refractivity contribution is 7.16. The quantitative estimate of drug-likeness (QED) is 0.855. The lowest BCUT2D eigenvalue weighted by Gasteiger charge is -2.21. The van der Waals surface area contributed by atoms with Crippen LogP contribution in [-0.4, -0.2) is 22.1 Å². The Bertz CT molecular complexity index is 616. The van der Waals surface area contributed by atoms with Crippen LogP contribution in [0.5, 0.6) is 0 Å². The van der Waals surface area contributed by atoms with Gasteiger partial charge >= 0.3 is 5.97 Å². The number of hydrogen-bond donors (Lipinski definition) is 2. The van der Waals surface area contributed by atoms with Gasteiger partial charge in [-0.1, -0.05) is 26.8 Å². The lowest BCUT2D eigenvalue weighted by Crippen LogP contribution is -2.36. The average Bonchev–Trinajstić information content (AvgIpc) is 2.84. The summed E-state index contributed by atoms with van der Waals surface area (Å²) in [5.74, 6) is -0.780. The van der Waals surface area contributed by atoms with Gasteiger partial charge < -0.3 is 10.4 Å². The van der Waals surface area contributed by atoms with Crippen molar-refractivity contribution in [2.45, 2.75) is 46.2 Å². The molecule has 1 aromatic carbocycles. The maximum atomic E-state index is 11.3. The van der Waals surface area contributed by atoms with Gasteiger partial charge in [-0.2, -0.15) is 0 Å². The molecule has 1 aromatic heterocycles. The first-order valence-corrected chi connectivity index (χ1v) is 8.01. The fraction of sp³-hybridized carbons (Fsp3) is 0.500. The second kappa shape index (κ2) is 6.54. The van der Waals surface area contributed by atoms with Gasteiger partial charge in [-0.3, -0.25) is 4.79 Å². The van der Waals surface area contributed by atoms with Crippen LogP contribution in [0.25, 0.3) is 10.2 Å². The number of thiazole rings is 1. The highest BCUT2D eigenvalue weighted by Gasteiger charge is 2.20. The molecule has 2 aromatic rings. The number of carboxylic acid groups (broad SMARTS) is 1. The third-order valence-electron chi connectivity index (χ3n) is 3.43. The third-order valence-corrected chi connectivity index (χ3v) is 4.22. The van der Waals surface area contributed by atoms with E-state index in [1.54, 1.807) is 11.3 Å². The van der Waals surface area contributed by atoms with E-state index in [2.05, 4.69) is 37.1 Å². The number of nitrogens with one attached hydrogen (secondary N) is 1. The molecule has 1 atom stereocenters. The summed E-state index contributed by atoms with van der Waals surface area (Å²) in [7, 11) is 0. The van der Waals surface area contributed by atoms with Crippen LogP contribution >= 0.6 is 11.3 Å². The molecule has 2 rings (SSSR count). The Kier molecular flexibility index (Phi) is 4.96. The van der Waals surface area contributed by atoms with Gasteiger partial charge in [-0.05, 0) is 36.0 Å². The first kappa shape index (κ1) is 15.9. The summed E-state index contributed by atoms with van der Waals surface area (Å²) >= 11 is 1.60. The largest absolute Gasteiger partial charge is 0.480 e. The van der Waals surface area contributed by atoms with Gasteiger partial charge in [-0.25, -0.2) is 4.98 Å². The van der Waals surface area contributed by atoms with Crippen LogP contribution in [0.2, 0.25) is 0 Å². The number of carboxylic acids is 1. The maximum absolute atomic E-state index is 11.3. The molecule has 0 aliphatic heterocycles. The van der Waals surface area contributed by atoms with Crippen molar-refractivity contribution in [2.24, 2.45) is 5.41 Å². The van der Waals surface area contributed by atoms with E-state index in [4.69, 9.17) is 0 Å². The fourth-order valence-corrected chi connectivity index (χ4v) is 2.88.